The molecule has 89 valence electrons. The lowest BCUT2D eigenvalue weighted by Crippen LogP contribution is -2.12. The summed E-state index contributed by atoms with van der Waals surface area (Å²) in [4.78, 5) is 0. The van der Waals surface area contributed by atoms with Crippen molar-refractivity contribution in [1.29, 1.82) is 0 Å². The van der Waals surface area contributed by atoms with E-state index in [2.05, 4.69) is 39.0 Å². The van der Waals surface area contributed by atoms with Crippen molar-refractivity contribution in [1.82, 2.24) is 0 Å². The molecular formula is C14H21O2. The zero-order valence-corrected chi connectivity index (χ0v) is 10.9. The first-order valence-electron chi connectivity index (χ1n) is 5.51. The number of methoxy groups -OCH3 is 2. The van der Waals surface area contributed by atoms with Gasteiger partial charge in [0.2, 0.25) is 0 Å². The molecule has 1 aromatic rings. The van der Waals surface area contributed by atoms with Crippen LogP contribution in [0, 0.1) is 6.07 Å². The maximum absolute atomic E-state index is 5.16. The summed E-state index contributed by atoms with van der Waals surface area (Å²) < 4.78 is 10.3. The summed E-state index contributed by atoms with van der Waals surface area (Å²) in [6.07, 6.45) is 0. The Labute approximate surface area is 98.6 Å². The van der Waals surface area contributed by atoms with Gasteiger partial charge in [-0.15, -0.1) is 0 Å². The van der Waals surface area contributed by atoms with Gasteiger partial charge in [0.05, 0.1) is 13.2 Å². The molecule has 0 aliphatic rings. The molecule has 0 atom stereocenters. The van der Waals surface area contributed by atoms with E-state index in [4.69, 9.17) is 9.47 Å². The second-order valence-corrected chi connectivity index (χ2v) is 5.04. The maximum atomic E-state index is 5.16. The summed E-state index contributed by atoms with van der Waals surface area (Å²) in [5.74, 6) is 0. The molecule has 0 amide bonds. The molecule has 0 aromatic heterocycles. The second kappa shape index (κ2) is 5.46. The van der Waals surface area contributed by atoms with Crippen molar-refractivity contribution in [3.63, 3.8) is 0 Å². The van der Waals surface area contributed by atoms with Crippen LogP contribution in [0.3, 0.4) is 0 Å². The molecule has 0 saturated heterocycles. The maximum Gasteiger partial charge on any atom is 0.0719 e. The molecule has 2 heteroatoms. The molecule has 0 bridgehead atoms. The van der Waals surface area contributed by atoms with Gasteiger partial charge >= 0.3 is 0 Å². The van der Waals surface area contributed by atoms with Gasteiger partial charge < -0.3 is 9.47 Å². The molecule has 1 radical (unpaired) electrons. The number of ether oxygens (including phenoxy) is 2. The first-order valence-corrected chi connectivity index (χ1v) is 5.51. The van der Waals surface area contributed by atoms with Crippen LogP contribution in [-0.4, -0.2) is 14.2 Å². The van der Waals surface area contributed by atoms with Gasteiger partial charge in [0.25, 0.3) is 0 Å². The van der Waals surface area contributed by atoms with Gasteiger partial charge in [0.1, 0.15) is 0 Å². The highest BCUT2D eigenvalue weighted by Gasteiger charge is 2.15. The third-order valence-corrected chi connectivity index (χ3v) is 2.45. The predicted molar refractivity (Wildman–Crippen MR) is 65.4 cm³/mol. The fraction of sp³-hybridized carbons (Fsp3) is 0.571. The van der Waals surface area contributed by atoms with Gasteiger partial charge in [-0.05, 0) is 28.2 Å². The Balaban J connectivity index is 3.08. The third kappa shape index (κ3) is 3.62. The molecule has 0 spiro atoms. The largest absolute Gasteiger partial charge is 0.380 e. The Morgan fingerprint density at radius 3 is 1.75 bits per heavy atom. The molecular weight excluding hydrogens is 200 g/mol. The van der Waals surface area contributed by atoms with E-state index in [-0.39, 0.29) is 5.41 Å². The van der Waals surface area contributed by atoms with E-state index in [0.29, 0.717) is 13.2 Å². The van der Waals surface area contributed by atoms with E-state index in [9.17, 15) is 0 Å². The molecule has 0 aliphatic heterocycles. The van der Waals surface area contributed by atoms with Crippen LogP contribution < -0.4 is 0 Å². The molecule has 0 N–H and O–H groups in total. The summed E-state index contributed by atoms with van der Waals surface area (Å²) in [5.41, 5.74) is 3.61. The fourth-order valence-corrected chi connectivity index (χ4v) is 1.59. The lowest BCUT2D eigenvalue weighted by Gasteiger charge is -2.21. The molecule has 2 nitrogen and oxygen atoms in total. The van der Waals surface area contributed by atoms with Crippen LogP contribution in [0.1, 0.15) is 37.5 Å². The number of hydrogen-bond acceptors (Lipinski definition) is 2. The van der Waals surface area contributed by atoms with Crippen LogP contribution in [0.15, 0.2) is 12.1 Å². The lowest BCUT2D eigenvalue weighted by molar-refractivity contribution is 0.179. The topological polar surface area (TPSA) is 18.5 Å². The number of rotatable bonds is 4. The monoisotopic (exact) mass is 221 g/mol. The van der Waals surface area contributed by atoms with Crippen LogP contribution in [0.4, 0.5) is 0 Å². The number of hydrogen-bond donors (Lipinski definition) is 0. The highest BCUT2D eigenvalue weighted by atomic mass is 16.5. The summed E-state index contributed by atoms with van der Waals surface area (Å²) in [7, 11) is 3.40. The van der Waals surface area contributed by atoms with E-state index in [0.717, 1.165) is 11.1 Å². The molecule has 0 saturated carbocycles. The van der Waals surface area contributed by atoms with E-state index in [1.54, 1.807) is 14.2 Å². The second-order valence-electron chi connectivity index (χ2n) is 5.04. The van der Waals surface area contributed by atoms with Gasteiger partial charge in [0, 0.05) is 14.2 Å². The minimum absolute atomic E-state index is 0.139. The smallest absolute Gasteiger partial charge is 0.0719 e. The fourth-order valence-electron chi connectivity index (χ4n) is 1.59. The summed E-state index contributed by atoms with van der Waals surface area (Å²) in [6.45, 7) is 7.81. The summed E-state index contributed by atoms with van der Waals surface area (Å²) >= 11 is 0. The van der Waals surface area contributed by atoms with Crippen molar-refractivity contribution in [3.8, 4) is 0 Å². The molecule has 1 rings (SSSR count). The minimum atomic E-state index is 0.139. The summed E-state index contributed by atoms with van der Waals surface area (Å²) in [5, 5.41) is 0. The van der Waals surface area contributed by atoms with Gasteiger partial charge in [-0.3, -0.25) is 0 Å². The molecule has 16 heavy (non-hydrogen) atoms. The molecule has 0 heterocycles. The molecule has 0 aliphatic carbocycles. The van der Waals surface area contributed by atoms with Gasteiger partial charge in [-0.2, -0.15) is 0 Å². The van der Waals surface area contributed by atoms with Crippen LogP contribution in [0.2, 0.25) is 0 Å². The van der Waals surface area contributed by atoms with E-state index >= 15 is 0 Å². The van der Waals surface area contributed by atoms with Gasteiger partial charge in [-0.25, -0.2) is 0 Å². The SMILES string of the molecule is COCc1[c]c(COC)cc(C(C)(C)C)c1. The van der Waals surface area contributed by atoms with Crippen molar-refractivity contribution in [2.24, 2.45) is 0 Å². The van der Waals surface area contributed by atoms with Crippen molar-refractivity contribution < 1.29 is 9.47 Å². The molecule has 1 aromatic carbocycles. The van der Waals surface area contributed by atoms with Crippen LogP contribution in [-0.2, 0) is 28.1 Å². The Kier molecular flexibility index (Phi) is 4.51. The highest BCUT2D eigenvalue weighted by molar-refractivity contribution is 5.32. The predicted octanol–water partition coefficient (Wildman–Crippen LogP) is 3.08. The number of benzene rings is 1. The van der Waals surface area contributed by atoms with Gasteiger partial charge in [-0.1, -0.05) is 32.9 Å². The Bertz CT molecular complexity index is 313. The first kappa shape index (κ1) is 13.2. The normalized spacial score (nSPS) is 11.8. The zero-order valence-electron chi connectivity index (χ0n) is 10.9. The average molecular weight is 221 g/mol. The Morgan fingerprint density at radius 1 is 1.00 bits per heavy atom. The van der Waals surface area contributed by atoms with E-state index < -0.39 is 0 Å². The van der Waals surface area contributed by atoms with E-state index in [1.807, 2.05) is 0 Å². The van der Waals surface area contributed by atoms with Crippen molar-refractivity contribution >= 4 is 0 Å². The zero-order chi connectivity index (χ0) is 12.2. The van der Waals surface area contributed by atoms with Crippen LogP contribution >= 0.6 is 0 Å². The lowest BCUT2D eigenvalue weighted by atomic mass is 9.85. The average Bonchev–Trinajstić information content (AvgIpc) is 2.17. The Hall–Kier alpha value is -0.860. The molecule has 0 unspecified atom stereocenters. The van der Waals surface area contributed by atoms with Crippen molar-refractivity contribution in [3.05, 3.63) is 34.9 Å². The Morgan fingerprint density at radius 2 is 1.44 bits per heavy atom. The van der Waals surface area contributed by atoms with E-state index in [1.165, 1.54) is 5.56 Å². The highest BCUT2D eigenvalue weighted by Crippen LogP contribution is 2.24. The van der Waals surface area contributed by atoms with Gasteiger partial charge in [0.15, 0.2) is 0 Å². The van der Waals surface area contributed by atoms with Crippen molar-refractivity contribution in [2.45, 2.75) is 39.4 Å². The first-order chi connectivity index (χ1) is 7.47. The minimum Gasteiger partial charge on any atom is -0.380 e. The summed E-state index contributed by atoms with van der Waals surface area (Å²) in [6, 6.07) is 7.62. The third-order valence-electron chi connectivity index (χ3n) is 2.45. The van der Waals surface area contributed by atoms with Crippen LogP contribution in [0.25, 0.3) is 0 Å². The quantitative estimate of drug-likeness (QED) is 0.778. The van der Waals surface area contributed by atoms with Crippen LogP contribution in [0.5, 0.6) is 0 Å². The molecule has 0 fully saturated rings. The standard InChI is InChI=1S/C14H21O2/c1-14(2,3)13-7-11(9-15-4)6-12(8-13)10-16-5/h7-8H,9-10H2,1-5H3. The van der Waals surface area contributed by atoms with Crippen molar-refractivity contribution in [2.75, 3.05) is 14.2 Å².